The van der Waals surface area contributed by atoms with Crippen LogP contribution in [0.5, 0.6) is 0 Å². The maximum atomic E-state index is 5.88. The Morgan fingerprint density at radius 1 is 1.56 bits per heavy atom. The van der Waals surface area contributed by atoms with Crippen LogP contribution >= 0.6 is 27.5 Å². The molecule has 2 nitrogen and oxygen atoms in total. The molecule has 0 N–H and O–H groups in total. The van der Waals surface area contributed by atoms with E-state index in [1.807, 2.05) is 6.20 Å². The summed E-state index contributed by atoms with van der Waals surface area (Å²) >= 11 is 9.32. The molecule has 0 atom stereocenters. The van der Waals surface area contributed by atoms with Gasteiger partial charge in [-0.2, -0.15) is 0 Å². The summed E-state index contributed by atoms with van der Waals surface area (Å²) in [4.78, 5) is 6.88. The van der Waals surface area contributed by atoms with Crippen LogP contribution in [0.1, 0.15) is 24.8 Å². The lowest BCUT2D eigenvalue weighted by Crippen LogP contribution is -2.42. The zero-order chi connectivity index (χ0) is 11.5. The van der Waals surface area contributed by atoms with Crippen molar-refractivity contribution in [2.45, 2.75) is 32.2 Å². The average molecular weight is 304 g/mol. The minimum atomic E-state index is 0.645. The van der Waals surface area contributed by atoms with Crippen molar-refractivity contribution in [1.29, 1.82) is 0 Å². The van der Waals surface area contributed by atoms with Gasteiger partial charge in [-0.25, -0.2) is 4.98 Å². The monoisotopic (exact) mass is 302 g/mol. The molecule has 0 amide bonds. The van der Waals surface area contributed by atoms with E-state index in [0.29, 0.717) is 11.9 Å². The first-order valence-electron chi connectivity index (χ1n) is 5.67. The molecule has 1 aromatic heterocycles. The van der Waals surface area contributed by atoms with Crippen molar-refractivity contribution in [2.75, 3.05) is 17.3 Å². The van der Waals surface area contributed by atoms with E-state index in [1.165, 1.54) is 24.8 Å². The summed E-state index contributed by atoms with van der Waals surface area (Å²) in [6.07, 6.45) is 5.74. The molecule has 2 rings (SSSR count). The number of nitrogens with zero attached hydrogens (tertiary/aromatic N) is 2. The average Bonchev–Trinajstić information content (AvgIpc) is 2.14. The fourth-order valence-electron chi connectivity index (χ4n) is 2.08. The number of anilines is 1. The van der Waals surface area contributed by atoms with E-state index < -0.39 is 0 Å². The first-order chi connectivity index (χ1) is 7.72. The van der Waals surface area contributed by atoms with Gasteiger partial charge in [0.05, 0.1) is 0 Å². The summed E-state index contributed by atoms with van der Waals surface area (Å²) in [6, 6.07) is 2.76. The summed E-state index contributed by atoms with van der Waals surface area (Å²) in [6.45, 7) is 2.99. The maximum absolute atomic E-state index is 5.88. The highest BCUT2D eigenvalue weighted by Crippen LogP contribution is 2.30. The molecule has 1 fully saturated rings. The van der Waals surface area contributed by atoms with Crippen molar-refractivity contribution in [3.05, 3.63) is 22.3 Å². The smallest absolute Gasteiger partial charge is 0.131 e. The van der Waals surface area contributed by atoms with E-state index >= 15 is 0 Å². The van der Waals surface area contributed by atoms with Crippen LogP contribution in [0.2, 0.25) is 0 Å². The third kappa shape index (κ3) is 2.51. The second kappa shape index (κ2) is 5.37. The quantitative estimate of drug-likeness (QED) is 0.788. The van der Waals surface area contributed by atoms with Crippen LogP contribution in [0.15, 0.2) is 16.7 Å². The van der Waals surface area contributed by atoms with E-state index in [2.05, 4.69) is 38.8 Å². The molecule has 1 aromatic rings. The van der Waals surface area contributed by atoms with Crippen molar-refractivity contribution >= 4 is 33.3 Å². The van der Waals surface area contributed by atoms with Crippen LogP contribution in [-0.2, 0) is 0 Å². The second-order valence-corrected chi connectivity index (χ2v) is 5.55. The molecule has 88 valence electrons. The molecule has 1 heterocycles. The number of alkyl halides is 1. The number of aryl methyl sites for hydroxylation is 1. The van der Waals surface area contributed by atoms with Gasteiger partial charge in [-0.3, -0.25) is 0 Å². The highest BCUT2D eigenvalue weighted by Gasteiger charge is 2.26. The topological polar surface area (TPSA) is 16.1 Å². The van der Waals surface area contributed by atoms with Gasteiger partial charge in [0.1, 0.15) is 5.82 Å². The van der Waals surface area contributed by atoms with Gasteiger partial charge < -0.3 is 4.90 Å². The molecule has 0 aliphatic heterocycles. The lowest BCUT2D eigenvalue weighted by molar-refractivity contribution is 0.388. The van der Waals surface area contributed by atoms with Gasteiger partial charge in [-0.1, -0.05) is 0 Å². The summed E-state index contributed by atoms with van der Waals surface area (Å²) in [5, 5.41) is 0. The zero-order valence-corrected chi connectivity index (χ0v) is 11.8. The van der Waals surface area contributed by atoms with Crippen LogP contribution in [-0.4, -0.2) is 23.5 Å². The number of aromatic nitrogens is 1. The number of rotatable bonds is 4. The van der Waals surface area contributed by atoms with Crippen LogP contribution in [0.4, 0.5) is 5.82 Å². The molecule has 0 bridgehead atoms. The molecule has 4 heteroatoms. The predicted octanol–water partition coefficient (Wildman–Crippen LogP) is 3.75. The van der Waals surface area contributed by atoms with Crippen LogP contribution in [0.25, 0.3) is 0 Å². The van der Waals surface area contributed by atoms with Gasteiger partial charge in [-0.05, 0) is 53.7 Å². The third-order valence-electron chi connectivity index (χ3n) is 3.13. The van der Waals surface area contributed by atoms with Crippen molar-refractivity contribution in [3.63, 3.8) is 0 Å². The Morgan fingerprint density at radius 2 is 2.31 bits per heavy atom. The Hall–Kier alpha value is -0.280. The molecular weight excluding hydrogens is 288 g/mol. The molecule has 1 saturated carbocycles. The summed E-state index contributed by atoms with van der Waals surface area (Å²) in [5.41, 5.74) is 1.21. The number of hydrogen-bond donors (Lipinski definition) is 0. The van der Waals surface area contributed by atoms with E-state index in [0.717, 1.165) is 16.8 Å². The van der Waals surface area contributed by atoms with Gasteiger partial charge in [0.15, 0.2) is 0 Å². The van der Waals surface area contributed by atoms with Crippen molar-refractivity contribution in [2.24, 2.45) is 0 Å². The SMILES string of the molecule is Cc1cc(Br)cnc1N(CCCl)C1CCC1. The normalized spacial score (nSPS) is 15.9. The second-order valence-electron chi connectivity index (χ2n) is 4.26. The first-order valence-corrected chi connectivity index (χ1v) is 7.00. The van der Waals surface area contributed by atoms with Crippen LogP contribution in [0, 0.1) is 6.92 Å². The largest absolute Gasteiger partial charge is 0.352 e. The Balaban J connectivity index is 2.23. The highest BCUT2D eigenvalue weighted by atomic mass is 79.9. The first kappa shape index (κ1) is 12.2. The number of hydrogen-bond acceptors (Lipinski definition) is 2. The fourth-order valence-corrected chi connectivity index (χ4v) is 2.71. The summed E-state index contributed by atoms with van der Waals surface area (Å²) < 4.78 is 1.04. The van der Waals surface area contributed by atoms with Gasteiger partial charge in [0.25, 0.3) is 0 Å². The Labute approximate surface area is 110 Å². The van der Waals surface area contributed by atoms with E-state index in [1.54, 1.807) is 0 Å². The lowest BCUT2D eigenvalue weighted by atomic mass is 9.91. The van der Waals surface area contributed by atoms with E-state index in [9.17, 15) is 0 Å². The van der Waals surface area contributed by atoms with Gasteiger partial charge >= 0.3 is 0 Å². The molecule has 16 heavy (non-hydrogen) atoms. The molecule has 1 aliphatic carbocycles. The van der Waals surface area contributed by atoms with Crippen LogP contribution < -0.4 is 4.90 Å². The zero-order valence-electron chi connectivity index (χ0n) is 9.42. The van der Waals surface area contributed by atoms with E-state index in [-0.39, 0.29) is 0 Å². The third-order valence-corrected chi connectivity index (χ3v) is 3.73. The molecule has 0 unspecified atom stereocenters. The molecule has 1 aliphatic rings. The maximum Gasteiger partial charge on any atom is 0.131 e. The minimum Gasteiger partial charge on any atom is -0.352 e. The Morgan fingerprint density at radius 3 is 2.81 bits per heavy atom. The molecule has 0 spiro atoms. The standard InChI is InChI=1S/C12H16BrClN2/c1-9-7-10(13)8-15-12(9)16(6-5-14)11-3-2-4-11/h7-8,11H,2-6H2,1H3. The molecule has 0 saturated heterocycles. The number of halogens is 2. The fraction of sp³-hybridized carbons (Fsp3) is 0.583. The Kier molecular flexibility index (Phi) is 4.09. The summed E-state index contributed by atoms with van der Waals surface area (Å²) in [7, 11) is 0. The number of pyridine rings is 1. The lowest BCUT2D eigenvalue weighted by Gasteiger charge is -2.38. The van der Waals surface area contributed by atoms with Crippen molar-refractivity contribution in [3.8, 4) is 0 Å². The predicted molar refractivity (Wildman–Crippen MR) is 72.4 cm³/mol. The van der Waals surface area contributed by atoms with Crippen molar-refractivity contribution < 1.29 is 0 Å². The van der Waals surface area contributed by atoms with Gasteiger partial charge in [-0.15, -0.1) is 11.6 Å². The van der Waals surface area contributed by atoms with Gasteiger partial charge in [0.2, 0.25) is 0 Å². The van der Waals surface area contributed by atoms with Crippen LogP contribution in [0.3, 0.4) is 0 Å². The molecular formula is C12H16BrClN2. The molecule has 0 radical (unpaired) electrons. The minimum absolute atomic E-state index is 0.645. The highest BCUT2D eigenvalue weighted by molar-refractivity contribution is 9.10. The molecule has 0 aromatic carbocycles. The van der Waals surface area contributed by atoms with Gasteiger partial charge in [0, 0.05) is 29.1 Å². The summed E-state index contributed by atoms with van der Waals surface area (Å²) in [5.74, 6) is 1.75. The Bertz CT molecular complexity index is 366. The van der Waals surface area contributed by atoms with E-state index in [4.69, 9.17) is 11.6 Å². The van der Waals surface area contributed by atoms with Crippen molar-refractivity contribution in [1.82, 2.24) is 4.98 Å².